The predicted molar refractivity (Wildman–Crippen MR) is 81.7 cm³/mol. The van der Waals surface area contributed by atoms with Gasteiger partial charge in [-0.1, -0.05) is 0 Å². The van der Waals surface area contributed by atoms with Crippen LogP contribution in [0.2, 0.25) is 0 Å². The van der Waals surface area contributed by atoms with Gasteiger partial charge in [0.2, 0.25) is 0 Å². The smallest absolute Gasteiger partial charge is 0.134 e. The van der Waals surface area contributed by atoms with Gasteiger partial charge in [-0.25, -0.2) is 9.97 Å². The molecule has 0 aliphatic heterocycles. The van der Waals surface area contributed by atoms with E-state index < -0.39 is 0 Å². The van der Waals surface area contributed by atoms with Gasteiger partial charge in [0.05, 0.1) is 0 Å². The highest BCUT2D eigenvalue weighted by Crippen LogP contribution is 2.18. The molecule has 0 aromatic carbocycles. The molecule has 5 heteroatoms. The van der Waals surface area contributed by atoms with Gasteiger partial charge in [-0.2, -0.15) is 0 Å². The zero-order chi connectivity index (χ0) is 14.6. The van der Waals surface area contributed by atoms with Gasteiger partial charge >= 0.3 is 0 Å². The third-order valence-electron chi connectivity index (χ3n) is 3.26. The van der Waals surface area contributed by atoms with Crippen LogP contribution in [0.3, 0.4) is 0 Å². The van der Waals surface area contributed by atoms with Crippen LogP contribution < -0.4 is 15.5 Å². The van der Waals surface area contributed by atoms with Gasteiger partial charge < -0.3 is 15.5 Å². The second kappa shape index (κ2) is 6.19. The number of nitrogens with two attached hydrogens (primary N) is 1. The van der Waals surface area contributed by atoms with Crippen LogP contribution >= 0.6 is 0 Å². The molecule has 0 saturated carbocycles. The molecule has 0 aliphatic rings. The highest BCUT2D eigenvalue weighted by molar-refractivity contribution is 5.49. The topological polar surface area (TPSA) is 58.3 Å². The summed E-state index contributed by atoms with van der Waals surface area (Å²) in [5.41, 5.74) is 5.86. The van der Waals surface area contributed by atoms with E-state index in [0.29, 0.717) is 6.04 Å². The molecule has 2 N–H and O–H groups in total. The molecule has 0 unspecified atom stereocenters. The van der Waals surface area contributed by atoms with Crippen molar-refractivity contribution < 1.29 is 0 Å². The summed E-state index contributed by atoms with van der Waals surface area (Å²) in [6.45, 7) is 9.24. The number of anilines is 2. The largest absolute Gasteiger partial charge is 0.359 e. The standard InChI is InChI=1S/C14H27N5/c1-11(2)19(6)13-9-12(16-10-17-13)18(5)8-7-14(3,4)15/h9-11H,7-8,15H2,1-6H3. The minimum Gasteiger partial charge on any atom is -0.359 e. The van der Waals surface area contributed by atoms with Gasteiger partial charge in [0.15, 0.2) is 0 Å². The first kappa shape index (κ1) is 15.7. The van der Waals surface area contributed by atoms with Gasteiger partial charge in [0.25, 0.3) is 0 Å². The van der Waals surface area contributed by atoms with Crippen LogP contribution in [0.1, 0.15) is 34.1 Å². The Bertz CT molecular complexity index is 397. The van der Waals surface area contributed by atoms with Crippen LogP contribution in [-0.2, 0) is 0 Å². The zero-order valence-electron chi connectivity index (χ0n) is 13.0. The molecule has 0 saturated heterocycles. The van der Waals surface area contributed by atoms with Gasteiger partial charge in [-0.15, -0.1) is 0 Å². The van der Waals surface area contributed by atoms with E-state index >= 15 is 0 Å². The molecule has 1 aromatic heterocycles. The Morgan fingerprint density at radius 3 is 2.32 bits per heavy atom. The first-order valence-corrected chi connectivity index (χ1v) is 6.75. The monoisotopic (exact) mass is 265 g/mol. The van der Waals surface area contributed by atoms with Crippen LogP contribution in [0, 0.1) is 0 Å². The van der Waals surface area contributed by atoms with Crippen molar-refractivity contribution in [2.45, 2.75) is 45.7 Å². The van der Waals surface area contributed by atoms with Crippen molar-refractivity contribution in [3.63, 3.8) is 0 Å². The van der Waals surface area contributed by atoms with Gasteiger partial charge in [-0.3, -0.25) is 0 Å². The fraction of sp³-hybridized carbons (Fsp3) is 0.714. The Hall–Kier alpha value is -1.36. The zero-order valence-corrected chi connectivity index (χ0v) is 13.0. The molecule has 1 aromatic rings. The van der Waals surface area contributed by atoms with E-state index in [1.807, 2.05) is 34.0 Å². The summed E-state index contributed by atoms with van der Waals surface area (Å²) >= 11 is 0. The summed E-state index contributed by atoms with van der Waals surface area (Å²) in [4.78, 5) is 12.9. The molecule has 0 atom stereocenters. The fourth-order valence-corrected chi connectivity index (χ4v) is 1.57. The van der Waals surface area contributed by atoms with E-state index in [1.165, 1.54) is 0 Å². The Labute approximate surface area is 116 Å². The molecular formula is C14H27N5. The lowest BCUT2D eigenvalue weighted by molar-refractivity contribution is 0.478. The Morgan fingerprint density at radius 1 is 1.21 bits per heavy atom. The average Bonchev–Trinajstić information content (AvgIpc) is 2.34. The van der Waals surface area contributed by atoms with Crippen LogP contribution in [0.4, 0.5) is 11.6 Å². The van der Waals surface area contributed by atoms with Crippen LogP contribution in [-0.4, -0.2) is 42.2 Å². The summed E-state index contributed by atoms with van der Waals surface area (Å²) in [6.07, 6.45) is 2.54. The van der Waals surface area contributed by atoms with E-state index in [0.717, 1.165) is 24.6 Å². The Morgan fingerprint density at radius 2 is 1.79 bits per heavy atom. The molecule has 19 heavy (non-hydrogen) atoms. The molecular weight excluding hydrogens is 238 g/mol. The second-order valence-corrected chi connectivity index (χ2v) is 6.10. The molecule has 0 bridgehead atoms. The fourth-order valence-electron chi connectivity index (χ4n) is 1.57. The van der Waals surface area contributed by atoms with E-state index in [9.17, 15) is 0 Å². The lowest BCUT2D eigenvalue weighted by Gasteiger charge is -2.26. The highest BCUT2D eigenvalue weighted by atomic mass is 15.2. The normalized spacial score (nSPS) is 11.8. The molecule has 0 amide bonds. The quantitative estimate of drug-likeness (QED) is 0.851. The minimum absolute atomic E-state index is 0.154. The number of hydrogen-bond donors (Lipinski definition) is 1. The van der Waals surface area contributed by atoms with Crippen molar-refractivity contribution >= 4 is 11.6 Å². The lowest BCUT2D eigenvalue weighted by atomic mass is 10.0. The predicted octanol–water partition coefficient (Wildman–Crippen LogP) is 1.88. The maximum Gasteiger partial charge on any atom is 0.134 e. The van der Waals surface area contributed by atoms with Gasteiger partial charge in [-0.05, 0) is 34.1 Å². The van der Waals surface area contributed by atoms with Crippen molar-refractivity contribution in [1.29, 1.82) is 0 Å². The third-order valence-corrected chi connectivity index (χ3v) is 3.26. The Kier molecular flexibility index (Phi) is 5.11. The summed E-state index contributed by atoms with van der Waals surface area (Å²) in [7, 11) is 4.08. The van der Waals surface area contributed by atoms with Crippen molar-refractivity contribution in [3.8, 4) is 0 Å². The minimum atomic E-state index is -0.154. The molecule has 0 spiro atoms. The van der Waals surface area contributed by atoms with Crippen molar-refractivity contribution in [3.05, 3.63) is 12.4 Å². The number of nitrogens with zero attached hydrogens (tertiary/aromatic N) is 4. The van der Waals surface area contributed by atoms with Gasteiger partial charge in [0.1, 0.15) is 18.0 Å². The molecule has 0 fully saturated rings. The maximum atomic E-state index is 6.01. The van der Waals surface area contributed by atoms with E-state index in [4.69, 9.17) is 5.73 Å². The number of rotatable bonds is 6. The third kappa shape index (κ3) is 5.03. The summed E-state index contributed by atoms with van der Waals surface area (Å²) in [5, 5.41) is 0. The van der Waals surface area contributed by atoms with Crippen molar-refractivity contribution in [1.82, 2.24) is 9.97 Å². The van der Waals surface area contributed by atoms with E-state index in [1.54, 1.807) is 6.33 Å². The molecule has 1 rings (SSSR count). The summed E-state index contributed by atoms with van der Waals surface area (Å²) < 4.78 is 0. The molecule has 1 heterocycles. The number of hydrogen-bond acceptors (Lipinski definition) is 5. The maximum absolute atomic E-state index is 6.01. The second-order valence-electron chi connectivity index (χ2n) is 6.10. The SMILES string of the molecule is CC(C)N(C)c1cc(N(C)CCC(C)(C)N)ncn1. The van der Waals surface area contributed by atoms with Crippen molar-refractivity contribution in [2.24, 2.45) is 5.73 Å². The summed E-state index contributed by atoms with van der Waals surface area (Å²) in [5.74, 6) is 1.88. The first-order chi connectivity index (χ1) is 8.70. The summed E-state index contributed by atoms with van der Waals surface area (Å²) in [6, 6.07) is 2.43. The van der Waals surface area contributed by atoms with Crippen molar-refractivity contribution in [2.75, 3.05) is 30.4 Å². The molecule has 108 valence electrons. The first-order valence-electron chi connectivity index (χ1n) is 6.75. The number of aromatic nitrogens is 2. The van der Waals surface area contributed by atoms with E-state index in [-0.39, 0.29) is 5.54 Å². The van der Waals surface area contributed by atoms with Crippen LogP contribution in [0.5, 0.6) is 0 Å². The van der Waals surface area contributed by atoms with Crippen LogP contribution in [0.15, 0.2) is 12.4 Å². The Balaban J connectivity index is 2.76. The van der Waals surface area contributed by atoms with Crippen LogP contribution in [0.25, 0.3) is 0 Å². The molecule has 0 radical (unpaired) electrons. The molecule has 5 nitrogen and oxygen atoms in total. The van der Waals surface area contributed by atoms with Gasteiger partial charge in [0, 0.05) is 38.3 Å². The highest BCUT2D eigenvalue weighted by Gasteiger charge is 2.14. The average molecular weight is 265 g/mol. The molecule has 0 aliphatic carbocycles. The lowest BCUT2D eigenvalue weighted by Crippen LogP contribution is -2.36. The van der Waals surface area contributed by atoms with E-state index in [2.05, 4.69) is 33.6 Å².